The van der Waals surface area contributed by atoms with E-state index in [2.05, 4.69) is 5.32 Å². The molecule has 3 aromatic rings. The van der Waals surface area contributed by atoms with E-state index >= 15 is 0 Å². The largest absolute Gasteiger partial charge is 0.502 e. The molecule has 3 aromatic carbocycles. The maximum Gasteiger partial charge on any atom is 0.371 e. The van der Waals surface area contributed by atoms with Crippen molar-refractivity contribution >= 4 is 22.6 Å². The van der Waals surface area contributed by atoms with Crippen LogP contribution in [0.25, 0.3) is 10.8 Å². The summed E-state index contributed by atoms with van der Waals surface area (Å²) < 4.78 is 13.2. The van der Waals surface area contributed by atoms with Crippen LogP contribution in [-0.4, -0.2) is 22.1 Å². The van der Waals surface area contributed by atoms with Crippen molar-refractivity contribution in [2.45, 2.75) is 12.5 Å². The smallest absolute Gasteiger partial charge is 0.371 e. The van der Waals surface area contributed by atoms with Crippen molar-refractivity contribution in [2.75, 3.05) is 0 Å². The van der Waals surface area contributed by atoms with Crippen LogP contribution in [0.5, 0.6) is 0 Å². The average molecular weight is 379 g/mol. The molecule has 142 valence electrons. The quantitative estimate of drug-likeness (QED) is 0.448. The van der Waals surface area contributed by atoms with E-state index in [4.69, 9.17) is 5.11 Å². The Balaban J connectivity index is 1.92. The Labute approximate surface area is 160 Å². The number of carboxylic acid groups (broad SMARTS) is 1. The van der Waals surface area contributed by atoms with Gasteiger partial charge >= 0.3 is 5.97 Å². The van der Waals surface area contributed by atoms with Gasteiger partial charge in [-0.1, -0.05) is 48.5 Å². The van der Waals surface area contributed by atoms with E-state index in [1.165, 1.54) is 12.1 Å². The van der Waals surface area contributed by atoms with Crippen LogP contribution in [0.1, 0.15) is 17.2 Å². The maximum absolute atomic E-state index is 13.2. The zero-order chi connectivity index (χ0) is 20.1. The third-order valence-corrected chi connectivity index (χ3v) is 4.33. The number of carbonyl (C=O) groups is 2. The van der Waals surface area contributed by atoms with E-state index in [1.54, 1.807) is 12.1 Å². The number of carbonyl (C=O) groups excluding carboxylic acids is 1. The van der Waals surface area contributed by atoms with Gasteiger partial charge in [-0.05, 0) is 46.5 Å². The van der Waals surface area contributed by atoms with Crippen LogP contribution in [-0.2, 0) is 16.0 Å². The van der Waals surface area contributed by atoms with Crippen molar-refractivity contribution < 1.29 is 24.2 Å². The van der Waals surface area contributed by atoms with Crippen LogP contribution in [0.15, 0.2) is 78.6 Å². The molecule has 5 nitrogen and oxygen atoms in total. The number of hydrogen-bond donors (Lipinski definition) is 3. The fourth-order valence-corrected chi connectivity index (χ4v) is 2.93. The van der Waals surface area contributed by atoms with Gasteiger partial charge in [-0.2, -0.15) is 0 Å². The summed E-state index contributed by atoms with van der Waals surface area (Å²) in [6.07, 6.45) is 0.993. The van der Waals surface area contributed by atoms with Gasteiger partial charge in [0.1, 0.15) is 5.82 Å². The second kappa shape index (κ2) is 8.35. The Hall–Kier alpha value is -3.67. The molecule has 0 aromatic heterocycles. The van der Waals surface area contributed by atoms with E-state index < -0.39 is 23.7 Å². The molecule has 0 spiro atoms. The summed E-state index contributed by atoms with van der Waals surface area (Å²) in [7, 11) is 0. The van der Waals surface area contributed by atoms with Gasteiger partial charge < -0.3 is 15.5 Å². The molecule has 3 rings (SSSR count). The second-order valence-electron chi connectivity index (χ2n) is 6.33. The number of carboxylic acids is 1. The number of rotatable bonds is 6. The predicted octanol–water partition coefficient (Wildman–Crippen LogP) is 3.91. The molecule has 28 heavy (non-hydrogen) atoms. The highest BCUT2D eigenvalue weighted by atomic mass is 19.1. The lowest BCUT2D eigenvalue weighted by Crippen LogP contribution is -2.29. The molecule has 6 heteroatoms. The van der Waals surface area contributed by atoms with Crippen LogP contribution < -0.4 is 5.32 Å². The van der Waals surface area contributed by atoms with Gasteiger partial charge in [-0.15, -0.1) is 0 Å². The molecule has 0 aliphatic heterocycles. The number of hydrogen-bond acceptors (Lipinski definition) is 3. The summed E-state index contributed by atoms with van der Waals surface area (Å²) in [5.74, 6) is -3.72. The molecule has 1 atom stereocenters. The van der Waals surface area contributed by atoms with Crippen molar-refractivity contribution in [1.29, 1.82) is 0 Å². The molecule has 0 bridgehead atoms. The molecule has 3 N–H and O–H groups in total. The Bertz CT molecular complexity index is 1040. The molecule has 0 radical (unpaired) electrons. The lowest BCUT2D eigenvalue weighted by molar-refractivity contribution is -0.136. The minimum atomic E-state index is -1.59. The number of benzene rings is 3. The molecule has 0 aliphatic carbocycles. The zero-order valence-electron chi connectivity index (χ0n) is 14.8. The monoisotopic (exact) mass is 379 g/mol. The highest BCUT2D eigenvalue weighted by Crippen LogP contribution is 2.23. The number of amides is 1. The highest BCUT2D eigenvalue weighted by molar-refractivity contribution is 5.96. The fourth-order valence-electron chi connectivity index (χ4n) is 2.93. The van der Waals surface area contributed by atoms with Gasteiger partial charge in [0.2, 0.25) is 11.7 Å². The predicted molar refractivity (Wildman–Crippen MR) is 103 cm³/mol. The van der Waals surface area contributed by atoms with Crippen molar-refractivity contribution in [3.05, 3.63) is 95.5 Å². The summed E-state index contributed by atoms with van der Waals surface area (Å²) in [6.45, 7) is 0. The Morgan fingerprint density at radius 2 is 1.64 bits per heavy atom. The number of aliphatic carboxylic acids is 1. The lowest BCUT2D eigenvalue weighted by atomic mass is 9.96. The summed E-state index contributed by atoms with van der Waals surface area (Å²) in [5, 5.41) is 22.8. The first-order valence-corrected chi connectivity index (χ1v) is 8.60. The Kier molecular flexibility index (Phi) is 5.69. The molecule has 0 aliphatic rings. The van der Waals surface area contributed by atoms with Crippen molar-refractivity contribution in [1.82, 2.24) is 5.32 Å². The summed E-state index contributed by atoms with van der Waals surface area (Å²) >= 11 is 0. The molecular weight excluding hydrogens is 361 g/mol. The Morgan fingerprint density at radius 1 is 0.964 bits per heavy atom. The van der Waals surface area contributed by atoms with Crippen LogP contribution in [0.3, 0.4) is 0 Å². The first-order valence-electron chi connectivity index (χ1n) is 8.60. The summed E-state index contributed by atoms with van der Waals surface area (Å²) in [4.78, 5) is 22.9. The molecule has 0 saturated heterocycles. The van der Waals surface area contributed by atoms with Crippen LogP contribution >= 0.6 is 0 Å². The molecule has 0 saturated carbocycles. The van der Waals surface area contributed by atoms with Crippen LogP contribution in [0, 0.1) is 5.82 Å². The standard InChI is InChI=1S/C22H18FNO4/c23-18-9-5-14(6-10-18)11-19(24-21(26)13-20(25)22(27)28)17-8-7-15-3-1-2-4-16(15)12-17/h1-10,12-13,19,25H,11H2,(H,24,26)(H,27,28)/b20-13-. The molecule has 0 heterocycles. The summed E-state index contributed by atoms with van der Waals surface area (Å²) in [6, 6.07) is 18.9. The van der Waals surface area contributed by atoms with Gasteiger partial charge in [0.05, 0.1) is 12.1 Å². The minimum absolute atomic E-state index is 0.357. The molecule has 1 unspecified atom stereocenters. The third-order valence-electron chi connectivity index (χ3n) is 4.33. The van der Waals surface area contributed by atoms with E-state index in [1.807, 2.05) is 42.5 Å². The van der Waals surface area contributed by atoms with Gasteiger partial charge in [-0.25, -0.2) is 9.18 Å². The van der Waals surface area contributed by atoms with E-state index in [0.29, 0.717) is 12.5 Å². The number of aliphatic hydroxyl groups is 1. The van der Waals surface area contributed by atoms with Crippen molar-refractivity contribution in [3.8, 4) is 0 Å². The SMILES string of the molecule is O=C(/C=C(\O)C(=O)O)NC(Cc1ccc(F)cc1)c1ccc2ccccc2c1. The first kappa shape index (κ1) is 19.1. The van der Waals surface area contributed by atoms with Gasteiger partial charge in [0, 0.05) is 0 Å². The van der Waals surface area contributed by atoms with Crippen LogP contribution in [0.4, 0.5) is 4.39 Å². The van der Waals surface area contributed by atoms with E-state index in [0.717, 1.165) is 21.9 Å². The van der Waals surface area contributed by atoms with Crippen molar-refractivity contribution in [3.63, 3.8) is 0 Å². The van der Waals surface area contributed by atoms with Gasteiger partial charge in [-0.3, -0.25) is 4.79 Å². The molecule has 1 amide bonds. The average Bonchev–Trinajstić information content (AvgIpc) is 2.68. The molecular formula is C22H18FNO4. The maximum atomic E-state index is 13.2. The van der Waals surface area contributed by atoms with Gasteiger partial charge in [0.25, 0.3) is 0 Å². The Morgan fingerprint density at radius 3 is 2.32 bits per heavy atom. The normalized spacial score (nSPS) is 12.5. The lowest BCUT2D eigenvalue weighted by Gasteiger charge is -2.19. The van der Waals surface area contributed by atoms with Crippen molar-refractivity contribution in [2.24, 2.45) is 0 Å². The summed E-state index contributed by atoms with van der Waals surface area (Å²) in [5.41, 5.74) is 1.60. The number of nitrogens with one attached hydrogen (secondary N) is 1. The zero-order valence-corrected chi connectivity index (χ0v) is 14.8. The fraction of sp³-hybridized carbons (Fsp3) is 0.0909. The second-order valence-corrected chi connectivity index (χ2v) is 6.33. The third kappa shape index (κ3) is 4.73. The van der Waals surface area contributed by atoms with E-state index in [9.17, 15) is 19.1 Å². The van der Waals surface area contributed by atoms with E-state index in [-0.39, 0.29) is 5.82 Å². The van der Waals surface area contributed by atoms with Gasteiger partial charge in [0.15, 0.2) is 0 Å². The first-order chi connectivity index (χ1) is 13.4. The highest BCUT2D eigenvalue weighted by Gasteiger charge is 2.17. The topological polar surface area (TPSA) is 86.6 Å². The minimum Gasteiger partial charge on any atom is -0.502 e. The number of aliphatic hydroxyl groups excluding tert-OH is 1. The van der Waals surface area contributed by atoms with Crippen LogP contribution in [0.2, 0.25) is 0 Å². The number of halogens is 1. The number of fused-ring (bicyclic) bond motifs is 1. The molecule has 0 fully saturated rings.